The maximum absolute atomic E-state index is 12.4. The quantitative estimate of drug-likeness (QED) is 0.307. The van der Waals surface area contributed by atoms with Crippen LogP contribution in [-0.4, -0.2) is 52.3 Å². The topological polar surface area (TPSA) is 128 Å². The Kier molecular flexibility index (Phi) is 6.42. The Labute approximate surface area is 213 Å². The number of aryl methyl sites for hydroxylation is 1. The summed E-state index contributed by atoms with van der Waals surface area (Å²) >= 11 is 0. The van der Waals surface area contributed by atoms with Gasteiger partial charge >= 0.3 is 0 Å². The van der Waals surface area contributed by atoms with Crippen molar-refractivity contribution in [1.82, 2.24) is 30.5 Å². The van der Waals surface area contributed by atoms with Crippen molar-refractivity contribution in [2.75, 3.05) is 31.8 Å². The molecule has 4 rings (SSSR count). The number of hydrogen-bond acceptors (Lipinski definition) is 9. The molecule has 0 unspecified atom stereocenters. The number of methoxy groups -OCH3 is 2. The zero-order chi connectivity index (χ0) is 28.0. The number of aromatic nitrogens is 5. The highest BCUT2D eigenvalue weighted by Gasteiger charge is 2.17. The summed E-state index contributed by atoms with van der Waals surface area (Å²) in [5.74, 6) is 0.978. The largest absolute Gasteiger partial charge is 0.497 e. The Bertz CT molecular complexity index is 1440. The van der Waals surface area contributed by atoms with Gasteiger partial charge in [-0.15, -0.1) is 5.10 Å². The summed E-state index contributed by atoms with van der Waals surface area (Å²) in [7, 11) is 4.87. The molecule has 11 nitrogen and oxygen atoms in total. The predicted molar refractivity (Wildman–Crippen MR) is 136 cm³/mol. The number of carbonyl (C=O) groups is 1. The average Bonchev–Trinajstić information content (AvgIpc) is 3.33. The zero-order valence-corrected chi connectivity index (χ0v) is 20.1. The highest BCUT2D eigenvalue weighted by atomic mass is 16.5. The van der Waals surface area contributed by atoms with Gasteiger partial charge in [-0.05, 0) is 29.8 Å². The van der Waals surface area contributed by atoms with E-state index in [1.165, 1.54) is 11.9 Å². The number of carbonyl (C=O) groups excluding carboxylic acids is 1. The first-order valence-corrected chi connectivity index (χ1v) is 11.0. The minimum Gasteiger partial charge on any atom is -0.497 e. The van der Waals surface area contributed by atoms with Gasteiger partial charge in [-0.25, -0.2) is 0 Å². The summed E-state index contributed by atoms with van der Waals surface area (Å²) < 4.78 is 32.9. The number of ether oxygens (including phenoxy) is 2. The molecule has 4 aromatic rings. The van der Waals surface area contributed by atoms with E-state index in [1.54, 1.807) is 32.5 Å². The first-order valence-electron chi connectivity index (χ1n) is 12.5. The molecule has 2 aromatic heterocycles. The molecule has 0 bridgehead atoms. The van der Waals surface area contributed by atoms with Crippen LogP contribution < -0.4 is 25.4 Å². The molecule has 0 saturated carbocycles. The highest BCUT2D eigenvalue weighted by molar-refractivity contribution is 5.83. The lowest BCUT2D eigenvalue weighted by Crippen LogP contribution is -2.21. The second kappa shape index (κ2) is 11.2. The molecular formula is C25H28N8O3. The second-order valence-corrected chi connectivity index (χ2v) is 7.75. The number of anilines is 3. The third-order valence-electron chi connectivity index (χ3n) is 5.33. The van der Waals surface area contributed by atoms with Gasteiger partial charge in [-0.3, -0.25) is 4.79 Å². The van der Waals surface area contributed by atoms with Crippen LogP contribution in [0.5, 0.6) is 11.5 Å². The second-order valence-electron chi connectivity index (χ2n) is 7.75. The first-order chi connectivity index (χ1) is 18.6. The van der Waals surface area contributed by atoms with E-state index in [1.807, 2.05) is 41.7 Å². The molecular weight excluding hydrogens is 460 g/mol. The number of nitrogens with one attached hydrogen (secondary N) is 3. The molecule has 0 fully saturated rings. The maximum atomic E-state index is 12.4. The van der Waals surface area contributed by atoms with Crippen LogP contribution in [0.2, 0.25) is 0 Å². The van der Waals surface area contributed by atoms with Crippen LogP contribution in [0.1, 0.15) is 15.4 Å². The van der Waals surface area contributed by atoms with Crippen LogP contribution in [-0.2, 0) is 24.8 Å². The molecule has 36 heavy (non-hydrogen) atoms. The average molecular weight is 492 g/mol. The summed E-state index contributed by atoms with van der Waals surface area (Å²) in [6.07, 6.45) is 1.32. The Hall–Kier alpha value is -4.67. The van der Waals surface area contributed by atoms with Gasteiger partial charge in [0, 0.05) is 36.3 Å². The zero-order valence-electron chi connectivity index (χ0n) is 23.1. The van der Waals surface area contributed by atoms with Crippen LogP contribution in [0.25, 0.3) is 11.3 Å². The van der Waals surface area contributed by atoms with E-state index in [0.29, 0.717) is 40.7 Å². The molecule has 0 saturated heterocycles. The van der Waals surface area contributed by atoms with Crippen molar-refractivity contribution < 1.29 is 18.4 Å². The molecule has 11 heteroatoms. The molecule has 1 amide bonds. The maximum Gasteiger partial charge on any atom is 0.225 e. The molecule has 2 heterocycles. The van der Waals surface area contributed by atoms with Gasteiger partial charge in [-0.2, -0.15) is 20.1 Å². The Morgan fingerprint density at radius 2 is 1.92 bits per heavy atom. The molecule has 186 valence electrons. The normalized spacial score (nSPS) is 12.1. The van der Waals surface area contributed by atoms with E-state index in [9.17, 15) is 4.79 Å². The lowest BCUT2D eigenvalue weighted by atomic mass is 10.1. The van der Waals surface area contributed by atoms with Crippen molar-refractivity contribution >= 4 is 23.1 Å². The van der Waals surface area contributed by atoms with Gasteiger partial charge in [0.15, 0.2) is 11.6 Å². The third-order valence-corrected chi connectivity index (χ3v) is 5.33. The molecule has 0 aliphatic rings. The lowest BCUT2D eigenvalue weighted by Gasteiger charge is -2.16. The van der Waals surface area contributed by atoms with Gasteiger partial charge in [-0.1, -0.05) is 18.2 Å². The minimum atomic E-state index is -2.62. The number of nitrogens with zero attached hydrogens (tertiary/aromatic N) is 5. The van der Waals surface area contributed by atoms with Crippen molar-refractivity contribution in [3.63, 3.8) is 0 Å². The van der Waals surface area contributed by atoms with Crippen molar-refractivity contribution in [2.24, 2.45) is 7.05 Å². The molecule has 0 atom stereocenters. The van der Waals surface area contributed by atoms with Crippen molar-refractivity contribution in [2.45, 2.75) is 13.0 Å². The molecule has 0 aliphatic carbocycles. The van der Waals surface area contributed by atoms with E-state index >= 15 is 0 Å². The Morgan fingerprint density at radius 3 is 2.61 bits per heavy atom. The van der Waals surface area contributed by atoms with E-state index in [0.717, 1.165) is 11.3 Å². The number of benzene rings is 2. The van der Waals surface area contributed by atoms with Gasteiger partial charge in [0.05, 0.1) is 43.9 Å². The van der Waals surface area contributed by atoms with Crippen molar-refractivity contribution in [3.05, 3.63) is 66.0 Å². The minimum absolute atomic E-state index is 0.249. The van der Waals surface area contributed by atoms with Crippen LogP contribution in [0, 0.1) is 0 Å². The van der Waals surface area contributed by atoms with Gasteiger partial charge < -0.3 is 25.4 Å². The van der Waals surface area contributed by atoms with Crippen LogP contribution in [0.3, 0.4) is 0 Å². The van der Waals surface area contributed by atoms with E-state index in [2.05, 4.69) is 31.0 Å². The Balaban J connectivity index is 1.64. The molecule has 0 radical (unpaired) electrons. The van der Waals surface area contributed by atoms with E-state index in [-0.39, 0.29) is 12.1 Å². The molecule has 2 aromatic carbocycles. The third kappa shape index (κ3) is 5.69. The number of rotatable bonds is 10. The fourth-order valence-electron chi connectivity index (χ4n) is 3.55. The Morgan fingerprint density at radius 1 is 1.08 bits per heavy atom. The summed E-state index contributed by atoms with van der Waals surface area (Å²) in [5, 5.41) is 25.4. The smallest absolute Gasteiger partial charge is 0.225 e. The lowest BCUT2D eigenvalue weighted by molar-refractivity contribution is -0.120. The fourth-order valence-corrected chi connectivity index (χ4v) is 3.55. The van der Waals surface area contributed by atoms with Crippen molar-refractivity contribution in [1.29, 1.82) is 0 Å². The summed E-state index contributed by atoms with van der Waals surface area (Å²) in [6, 6.07) is 14.7. The highest BCUT2D eigenvalue weighted by Crippen LogP contribution is 2.37. The van der Waals surface area contributed by atoms with Crippen molar-refractivity contribution in [3.8, 4) is 22.8 Å². The first kappa shape index (κ1) is 20.7. The predicted octanol–water partition coefficient (Wildman–Crippen LogP) is 2.93. The SMILES string of the molecule is [2H]C([2H])([2H])NC(=O)Cc1nnc(NCc2ccc(OC)cc2)cc1Nc1cccc(-c2cnn(C)n2)c1OC. The van der Waals surface area contributed by atoms with Gasteiger partial charge in [0.25, 0.3) is 0 Å². The van der Waals surface area contributed by atoms with Crippen LogP contribution >= 0.6 is 0 Å². The molecule has 0 spiro atoms. The fraction of sp³-hybridized carbons (Fsp3) is 0.240. The van der Waals surface area contributed by atoms with Crippen LogP contribution in [0.15, 0.2) is 54.7 Å². The van der Waals surface area contributed by atoms with E-state index < -0.39 is 12.9 Å². The summed E-state index contributed by atoms with van der Waals surface area (Å²) in [5.41, 5.74) is 3.58. The van der Waals surface area contributed by atoms with Crippen LogP contribution in [0.4, 0.5) is 17.2 Å². The summed E-state index contributed by atoms with van der Waals surface area (Å²) in [4.78, 5) is 13.9. The summed E-state index contributed by atoms with van der Waals surface area (Å²) in [6.45, 7) is -2.16. The van der Waals surface area contributed by atoms with E-state index in [4.69, 9.17) is 13.6 Å². The standard InChI is InChI=1S/C25H28N8O3/c1-26-24(34)13-21-20(12-23(31-30-21)27-14-16-8-10-17(35-3)11-9-16)29-19-7-5-6-18(25(19)36-4)22-15-28-33(2)32-22/h5-12,15H,13-14H2,1-4H3,(H,26,34)(H2,27,29,31)/i1D3. The molecule has 0 aliphatic heterocycles. The number of hydrogen-bond donors (Lipinski definition) is 3. The molecule has 3 N–H and O–H groups in total. The number of amides is 1. The van der Waals surface area contributed by atoms with Gasteiger partial charge in [0.2, 0.25) is 5.91 Å². The number of para-hydroxylation sites is 1. The monoisotopic (exact) mass is 491 g/mol. The van der Waals surface area contributed by atoms with Gasteiger partial charge in [0.1, 0.15) is 11.4 Å². The number of likely N-dealkylation sites (N-methyl/N-ethyl adjacent to an activating group) is 1.